The van der Waals surface area contributed by atoms with E-state index in [2.05, 4.69) is 4.98 Å². The lowest BCUT2D eigenvalue weighted by molar-refractivity contribution is -0.00866. The summed E-state index contributed by atoms with van der Waals surface area (Å²) in [7, 11) is 0. The van der Waals surface area contributed by atoms with Gasteiger partial charge in [-0.25, -0.2) is 13.8 Å². The second-order valence-corrected chi connectivity index (χ2v) is 2.89. The number of hydrogen-bond donors (Lipinski definition) is 1. The molecular weight excluding hydrogens is 190 g/mol. The molecule has 0 saturated carbocycles. The molecule has 0 fully saturated rings. The molecule has 0 aliphatic rings. The smallest absolute Gasteiger partial charge is 0.269 e. The van der Waals surface area contributed by atoms with Crippen molar-refractivity contribution >= 4 is 5.65 Å². The highest BCUT2D eigenvalue weighted by atomic mass is 19.3. The fourth-order valence-electron chi connectivity index (χ4n) is 1.30. The standard InChI is InChI=1S/C9H8F2N2O/c10-9(11)8(14)6-5-12-7-3-1-2-4-13(6)7/h1-5,8-9,14H. The van der Waals surface area contributed by atoms with Crippen molar-refractivity contribution in [3.05, 3.63) is 36.3 Å². The highest BCUT2D eigenvalue weighted by Crippen LogP contribution is 2.20. The van der Waals surface area contributed by atoms with Crippen LogP contribution in [0.2, 0.25) is 0 Å². The third kappa shape index (κ3) is 1.35. The fourth-order valence-corrected chi connectivity index (χ4v) is 1.30. The van der Waals surface area contributed by atoms with E-state index in [4.69, 9.17) is 0 Å². The van der Waals surface area contributed by atoms with Gasteiger partial charge in [-0.15, -0.1) is 0 Å². The minimum Gasteiger partial charge on any atom is -0.381 e. The number of rotatable bonds is 2. The van der Waals surface area contributed by atoms with Crippen LogP contribution in [0.5, 0.6) is 0 Å². The summed E-state index contributed by atoms with van der Waals surface area (Å²) < 4.78 is 25.9. The second kappa shape index (κ2) is 3.34. The molecule has 0 radical (unpaired) electrons. The number of nitrogens with zero attached hydrogens (tertiary/aromatic N) is 2. The van der Waals surface area contributed by atoms with Gasteiger partial charge in [0.25, 0.3) is 6.43 Å². The molecular formula is C9H8F2N2O. The fraction of sp³-hybridized carbons (Fsp3) is 0.222. The van der Waals surface area contributed by atoms with Gasteiger partial charge in [0.05, 0.1) is 11.9 Å². The zero-order chi connectivity index (χ0) is 10.1. The van der Waals surface area contributed by atoms with Gasteiger partial charge in [-0.05, 0) is 12.1 Å². The van der Waals surface area contributed by atoms with Crippen LogP contribution in [0, 0.1) is 0 Å². The lowest BCUT2D eigenvalue weighted by atomic mass is 10.3. The van der Waals surface area contributed by atoms with E-state index in [9.17, 15) is 13.9 Å². The van der Waals surface area contributed by atoms with E-state index in [1.807, 2.05) is 0 Å². The van der Waals surface area contributed by atoms with Crippen molar-refractivity contribution in [3.63, 3.8) is 0 Å². The Morgan fingerprint density at radius 2 is 2.14 bits per heavy atom. The van der Waals surface area contributed by atoms with Gasteiger partial charge in [-0.3, -0.25) is 0 Å². The molecule has 2 heterocycles. The quantitative estimate of drug-likeness (QED) is 0.796. The number of aliphatic hydroxyl groups is 1. The largest absolute Gasteiger partial charge is 0.381 e. The van der Waals surface area contributed by atoms with E-state index in [0.717, 1.165) is 0 Å². The molecule has 0 bridgehead atoms. The molecule has 2 aromatic rings. The Morgan fingerprint density at radius 1 is 1.36 bits per heavy atom. The molecule has 5 heteroatoms. The Morgan fingerprint density at radius 3 is 2.86 bits per heavy atom. The van der Waals surface area contributed by atoms with Gasteiger partial charge in [-0.1, -0.05) is 6.07 Å². The molecule has 0 aromatic carbocycles. The summed E-state index contributed by atoms with van der Waals surface area (Å²) in [6.45, 7) is 0. The van der Waals surface area contributed by atoms with E-state index in [-0.39, 0.29) is 5.69 Å². The molecule has 0 spiro atoms. The number of alkyl halides is 2. The molecule has 0 aliphatic heterocycles. The number of aromatic nitrogens is 2. The lowest BCUT2D eigenvalue weighted by Crippen LogP contribution is -2.10. The van der Waals surface area contributed by atoms with E-state index < -0.39 is 12.5 Å². The first-order valence-corrected chi connectivity index (χ1v) is 4.08. The van der Waals surface area contributed by atoms with Gasteiger partial charge in [0.15, 0.2) is 6.10 Å². The Kier molecular flexibility index (Phi) is 2.17. The van der Waals surface area contributed by atoms with E-state index in [0.29, 0.717) is 5.65 Å². The topological polar surface area (TPSA) is 37.5 Å². The number of pyridine rings is 1. The summed E-state index contributed by atoms with van der Waals surface area (Å²) >= 11 is 0. The van der Waals surface area contributed by atoms with Crippen LogP contribution in [0.3, 0.4) is 0 Å². The minimum absolute atomic E-state index is 0.107. The zero-order valence-electron chi connectivity index (χ0n) is 7.14. The molecule has 14 heavy (non-hydrogen) atoms. The van der Waals surface area contributed by atoms with E-state index in [1.165, 1.54) is 10.6 Å². The number of hydrogen-bond acceptors (Lipinski definition) is 2. The van der Waals surface area contributed by atoms with Crippen LogP contribution in [-0.2, 0) is 0 Å². The Labute approximate surface area is 78.6 Å². The van der Waals surface area contributed by atoms with Gasteiger partial charge in [0, 0.05) is 6.20 Å². The van der Waals surface area contributed by atoms with Crippen LogP contribution < -0.4 is 0 Å². The summed E-state index contributed by atoms with van der Waals surface area (Å²) in [4.78, 5) is 3.89. The minimum atomic E-state index is -2.80. The van der Waals surface area contributed by atoms with Gasteiger partial charge in [0.1, 0.15) is 5.65 Å². The molecule has 2 rings (SSSR count). The molecule has 3 nitrogen and oxygen atoms in total. The first-order chi connectivity index (χ1) is 6.70. The Bertz CT molecular complexity index is 441. The van der Waals surface area contributed by atoms with E-state index in [1.54, 1.807) is 24.4 Å². The highest BCUT2D eigenvalue weighted by Gasteiger charge is 2.22. The molecule has 0 aliphatic carbocycles. The van der Waals surface area contributed by atoms with Crippen LogP contribution in [0.15, 0.2) is 30.6 Å². The van der Waals surface area contributed by atoms with Crippen molar-refractivity contribution in [1.82, 2.24) is 9.38 Å². The molecule has 1 N–H and O–H groups in total. The number of halogens is 2. The Hall–Kier alpha value is -1.49. The second-order valence-electron chi connectivity index (χ2n) is 2.89. The van der Waals surface area contributed by atoms with Crippen LogP contribution >= 0.6 is 0 Å². The van der Waals surface area contributed by atoms with Gasteiger partial charge in [-0.2, -0.15) is 0 Å². The van der Waals surface area contributed by atoms with Crippen molar-refractivity contribution < 1.29 is 13.9 Å². The highest BCUT2D eigenvalue weighted by molar-refractivity contribution is 5.40. The van der Waals surface area contributed by atoms with Crippen molar-refractivity contribution in [3.8, 4) is 0 Å². The molecule has 2 aromatic heterocycles. The van der Waals surface area contributed by atoms with Crippen molar-refractivity contribution in [1.29, 1.82) is 0 Å². The number of fused-ring (bicyclic) bond motifs is 1. The zero-order valence-corrected chi connectivity index (χ0v) is 7.14. The first-order valence-electron chi connectivity index (χ1n) is 4.08. The Balaban J connectivity index is 2.53. The summed E-state index contributed by atoms with van der Waals surface area (Å²) in [6.07, 6.45) is -1.74. The maximum absolute atomic E-state index is 12.2. The summed E-state index contributed by atoms with van der Waals surface area (Å²) in [5, 5.41) is 9.17. The van der Waals surface area contributed by atoms with Crippen molar-refractivity contribution in [2.24, 2.45) is 0 Å². The van der Waals surface area contributed by atoms with Gasteiger partial charge < -0.3 is 9.51 Å². The number of imidazole rings is 1. The predicted molar refractivity (Wildman–Crippen MR) is 46.2 cm³/mol. The summed E-state index contributed by atoms with van der Waals surface area (Å²) in [5.41, 5.74) is 0.651. The van der Waals surface area contributed by atoms with Crippen molar-refractivity contribution in [2.45, 2.75) is 12.5 Å². The molecule has 0 saturated heterocycles. The average Bonchev–Trinajstić information content (AvgIpc) is 2.60. The third-order valence-corrected chi connectivity index (χ3v) is 1.99. The maximum atomic E-state index is 12.2. The van der Waals surface area contributed by atoms with E-state index >= 15 is 0 Å². The lowest BCUT2D eigenvalue weighted by Gasteiger charge is -2.08. The summed E-state index contributed by atoms with van der Waals surface area (Å²) in [5.74, 6) is 0. The van der Waals surface area contributed by atoms with Gasteiger partial charge in [0.2, 0.25) is 0 Å². The molecule has 0 amide bonds. The number of aliphatic hydroxyl groups excluding tert-OH is 1. The van der Waals surface area contributed by atoms with Crippen LogP contribution in [0.1, 0.15) is 11.8 Å². The van der Waals surface area contributed by atoms with Crippen molar-refractivity contribution in [2.75, 3.05) is 0 Å². The van der Waals surface area contributed by atoms with Crippen LogP contribution in [0.4, 0.5) is 8.78 Å². The monoisotopic (exact) mass is 198 g/mol. The van der Waals surface area contributed by atoms with Gasteiger partial charge >= 0.3 is 0 Å². The average molecular weight is 198 g/mol. The normalized spacial score (nSPS) is 13.7. The summed E-state index contributed by atoms with van der Waals surface area (Å²) in [6, 6.07) is 5.12. The third-order valence-electron chi connectivity index (χ3n) is 1.99. The molecule has 74 valence electrons. The predicted octanol–water partition coefficient (Wildman–Crippen LogP) is 1.63. The maximum Gasteiger partial charge on any atom is 0.269 e. The first kappa shape index (κ1) is 9.08. The molecule has 1 atom stereocenters. The van der Waals surface area contributed by atoms with Crippen LogP contribution in [0.25, 0.3) is 5.65 Å². The molecule has 1 unspecified atom stereocenters. The van der Waals surface area contributed by atoms with Crippen LogP contribution in [-0.4, -0.2) is 20.9 Å². The SMILES string of the molecule is OC(c1cnc2ccccn12)C(F)F.